The van der Waals surface area contributed by atoms with Gasteiger partial charge in [-0.3, -0.25) is 10.1 Å². The minimum Gasteiger partial charge on any atom is -0.423 e. The number of benzene rings is 1. The number of hydrogen-bond donors (Lipinski definition) is 2. The van der Waals surface area contributed by atoms with Gasteiger partial charge in [-0.1, -0.05) is 6.07 Å². The smallest absolute Gasteiger partial charge is 0.423 e. The highest BCUT2D eigenvalue weighted by atomic mass is 19.4. The van der Waals surface area contributed by atoms with Crippen LogP contribution in [-0.4, -0.2) is 28.5 Å². The normalized spacial score (nSPS) is 11.1. The molecule has 0 aliphatic rings. The fourth-order valence-corrected chi connectivity index (χ4v) is 1.06. The zero-order valence-corrected chi connectivity index (χ0v) is 8.01. The van der Waals surface area contributed by atoms with E-state index in [0.717, 1.165) is 12.1 Å². The van der Waals surface area contributed by atoms with Gasteiger partial charge in [-0.25, -0.2) is 0 Å². The van der Waals surface area contributed by atoms with Gasteiger partial charge in [0.1, 0.15) is 5.75 Å². The molecular weight excluding hydrogens is 246 g/mol. The predicted molar refractivity (Wildman–Crippen MR) is 49.6 cm³/mol. The second-order valence-electron chi connectivity index (χ2n) is 2.90. The third kappa shape index (κ3) is 3.61. The van der Waals surface area contributed by atoms with E-state index in [0.29, 0.717) is 6.07 Å². The lowest BCUT2D eigenvalue weighted by atomic mass is 9.79. The van der Waals surface area contributed by atoms with Gasteiger partial charge < -0.3 is 14.8 Å². The van der Waals surface area contributed by atoms with Crippen LogP contribution < -0.4 is 10.2 Å². The van der Waals surface area contributed by atoms with Gasteiger partial charge in [0.25, 0.3) is 5.69 Å². The van der Waals surface area contributed by atoms with Gasteiger partial charge in [0.05, 0.1) is 11.0 Å². The fraction of sp³-hybridized carbons (Fsp3) is 0.143. The molecule has 0 unspecified atom stereocenters. The van der Waals surface area contributed by atoms with Crippen LogP contribution in [0.3, 0.4) is 0 Å². The summed E-state index contributed by atoms with van der Waals surface area (Å²) in [5.41, 5.74) is -1.28. The van der Waals surface area contributed by atoms with E-state index >= 15 is 0 Å². The second kappa shape index (κ2) is 4.59. The van der Waals surface area contributed by atoms with Crippen LogP contribution >= 0.6 is 0 Å². The lowest BCUT2D eigenvalue weighted by Gasteiger charge is -2.12. The summed E-state index contributed by atoms with van der Waals surface area (Å²) in [4.78, 5) is 9.41. The lowest BCUT2D eigenvalue weighted by Crippen LogP contribution is -2.33. The Balaban J connectivity index is 3.21. The van der Waals surface area contributed by atoms with E-state index in [2.05, 4.69) is 4.74 Å². The maximum atomic E-state index is 12.0. The molecule has 0 bridgehead atoms. The summed E-state index contributed by atoms with van der Waals surface area (Å²) in [6, 6.07) is 2.06. The van der Waals surface area contributed by atoms with Gasteiger partial charge in [0, 0.05) is 11.5 Å². The lowest BCUT2D eigenvalue weighted by molar-refractivity contribution is -0.385. The molecule has 0 aliphatic carbocycles. The molecule has 10 heteroatoms. The molecule has 1 aromatic carbocycles. The van der Waals surface area contributed by atoms with Gasteiger partial charge in [0.15, 0.2) is 0 Å². The zero-order valence-electron chi connectivity index (χ0n) is 8.01. The van der Waals surface area contributed by atoms with Crippen LogP contribution in [0.4, 0.5) is 18.9 Å². The minimum absolute atomic E-state index is 0.461. The molecule has 6 nitrogen and oxygen atoms in total. The van der Waals surface area contributed by atoms with Crippen LogP contribution in [0.1, 0.15) is 0 Å². The Morgan fingerprint density at radius 1 is 1.35 bits per heavy atom. The third-order valence-electron chi connectivity index (χ3n) is 1.71. The number of rotatable bonds is 3. The maximum absolute atomic E-state index is 12.0. The van der Waals surface area contributed by atoms with Crippen molar-refractivity contribution < 1.29 is 32.9 Å². The van der Waals surface area contributed by atoms with Crippen LogP contribution in [0, 0.1) is 10.1 Å². The molecule has 0 radical (unpaired) electrons. The molecular formula is C7H5BF3NO5. The highest BCUT2D eigenvalue weighted by Crippen LogP contribution is 2.24. The average Bonchev–Trinajstić information content (AvgIpc) is 2.14. The maximum Gasteiger partial charge on any atom is 0.573 e. The standard InChI is InChI=1S/C7H5BF3NO5/c9-7(10,11)17-6-3-4(12(15)16)1-2-5(6)8(13)14/h1-3,13-14H. The van der Waals surface area contributed by atoms with Gasteiger partial charge >= 0.3 is 13.5 Å². The van der Waals surface area contributed by atoms with Gasteiger partial charge in [-0.05, 0) is 0 Å². The minimum atomic E-state index is -5.08. The van der Waals surface area contributed by atoms with Crippen LogP contribution in [0.15, 0.2) is 18.2 Å². The van der Waals surface area contributed by atoms with Crippen molar-refractivity contribution in [3.63, 3.8) is 0 Å². The highest BCUT2D eigenvalue weighted by Gasteiger charge is 2.34. The Kier molecular flexibility index (Phi) is 3.58. The molecule has 0 fully saturated rings. The number of alkyl halides is 3. The summed E-state index contributed by atoms with van der Waals surface area (Å²) in [6.45, 7) is 0. The first kappa shape index (κ1) is 13.3. The molecule has 0 aliphatic heterocycles. The molecule has 0 spiro atoms. The Hall–Kier alpha value is -1.81. The van der Waals surface area contributed by atoms with Gasteiger partial charge in [-0.2, -0.15) is 0 Å². The monoisotopic (exact) mass is 251 g/mol. The SMILES string of the molecule is O=[N+]([O-])c1ccc(B(O)O)c(OC(F)(F)F)c1. The van der Waals surface area contributed by atoms with Crippen molar-refractivity contribution in [3.05, 3.63) is 28.3 Å². The first-order valence-electron chi connectivity index (χ1n) is 4.11. The average molecular weight is 251 g/mol. The van der Waals surface area contributed by atoms with Crippen LogP contribution in [0.25, 0.3) is 0 Å². The van der Waals surface area contributed by atoms with Crippen molar-refractivity contribution in [2.45, 2.75) is 6.36 Å². The van der Waals surface area contributed by atoms with E-state index in [-0.39, 0.29) is 0 Å². The predicted octanol–water partition coefficient (Wildman–Crippen LogP) is 0.173. The van der Waals surface area contributed by atoms with E-state index in [1.165, 1.54) is 0 Å². The summed E-state index contributed by atoms with van der Waals surface area (Å²) in [6.07, 6.45) is -5.08. The molecule has 0 heterocycles. The molecule has 0 saturated carbocycles. The number of hydrogen-bond acceptors (Lipinski definition) is 5. The largest absolute Gasteiger partial charge is 0.573 e. The van der Waals surface area contributed by atoms with E-state index in [9.17, 15) is 23.3 Å². The number of nitrogens with zero attached hydrogens (tertiary/aromatic N) is 1. The summed E-state index contributed by atoms with van der Waals surface area (Å²) < 4.78 is 39.3. The van der Waals surface area contributed by atoms with Crippen molar-refractivity contribution in [2.24, 2.45) is 0 Å². The van der Waals surface area contributed by atoms with Crippen molar-refractivity contribution >= 4 is 18.3 Å². The Morgan fingerprint density at radius 3 is 2.35 bits per heavy atom. The van der Waals surface area contributed by atoms with Crippen LogP contribution in [0.5, 0.6) is 5.75 Å². The van der Waals surface area contributed by atoms with Gasteiger partial charge in [0.2, 0.25) is 0 Å². The first-order chi connectivity index (χ1) is 7.70. The van der Waals surface area contributed by atoms with Gasteiger partial charge in [-0.15, -0.1) is 13.2 Å². The molecule has 0 aromatic heterocycles. The van der Waals surface area contributed by atoms with Crippen LogP contribution in [0.2, 0.25) is 0 Å². The first-order valence-corrected chi connectivity index (χ1v) is 4.11. The molecule has 2 N–H and O–H groups in total. The molecule has 1 rings (SSSR count). The van der Waals surface area contributed by atoms with Crippen molar-refractivity contribution in [3.8, 4) is 5.75 Å². The Bertz CT molecular complexity index is 436. The number of ether oxygens (including phenoxy) is 1. The molecule has 17 heavy (non-hydrogen) atoms. The van der Waals surface area contributed by atoms with Crippen molar-refractivity contribution in [1.82, 2.24) is 0 Å². The fourth-order valence-electron chi connectivity index (χ4n) is 1.06. The Morgan fingerprint density at radius 2 is 1.94 bits per heavy atom. The third-order valence-corrected chi connectivity index (χ3v) is 1.71. The van der Waals surface area contributed by atoms with Crippen molar-refractivity contribution in [2.75, 3.05) is 0 Å². The molecule has 0 amide bonds. The number of nitro groups is 1. The van der Waals surface area contributed by atoms with E-state index in [1.54, 1.807) is 0 Å². The molecule has 92 valence electrons. The van der Waals surface area contributed by atoms with E-state index < -0.39 is 35.3 Å². The molecule has 0 saturated heterocycles. The topological polar surface area (TPSA) is 92.8 Å². The molecule has 1 aromatic rings. The summed E-state index contributed by atoms with van der Waals surface area (Å²) in [5, 5.41) is 27.9. The Labute approximate surface area is 92.5 Å². The summed E-state index contributed by atoms with van der Waals surface area (Å²) in [5.74, 6) is -1.03. The number of halogens is 3. The number of non-ortho nitro benzene ring substituents is 1. The molecule has 0 atom stereocenters. The number of nitro benzene ring substituents is 1. The van der Waals surface area contributed by atoms with Crippen LogP contribution in [-0.2, 0) is 0 Å². The van der Waals surface area contributed by atoms with E-state index in [4.69, 9.17) is 10.0 Å². The zero-order chi connectivity index (χ0) is 13.2. The van der Waals surface area contributed by atoms with E-state index in [1.807, 2.05) is 0 Å². The quantitative estimate of drug-likeness (QED) is 0.453. The highest BCUT2D eigenvalue weighted by molar-refractivity contribution is 6.59. The second-order valence-corrected chi connectivity index (χ2v) is 2.90. The summed E-state index contributed by atoms with van der Waals surface area (Å²) >= 11 is 0. The summed E-state index contributed by atoms with van der Waals surface area (Å²) in [7, 11) is -2.23. The van der Waals surface area contributed by atoms with Crippen molar-refractivity contribution in [1.29, 1.82) is 0 Å².